The van der Waals surface area contributed by atoms with Crippen LogP contribution in [-0.4, -0.2) is 33.2 Å². The van der Waals surface area contributed by atoms with Crippen molar-refractivity contribution in [3.8, 4) is 0 Å². The number of hydrogen-bond donors (Lipinski definition) is 2. The van der Waals surface area contributed by atoms with Crippen molar-refractivity contribution in [2.45, 2.75) is 23.7 Å². The van der Waals surface area contributed by atoms with Gasteiger partial charge in [0.25, 0.3) is 0 Å². The zero-order chi connectivity index (χ0) is 11.1. The second-order valence-corrected chi connectivity index (χ2v) is 4.32. The average Bonchev–Trinajstić information content (AvgIpc) is 2.09. The SMILES string of the molecule is CC(=O)CNC(=O)C(I)CCC(=O)O. The maximum atomic E-state index is 11.2. The summed E-state index contributed by atoms with van der Waals surface area (Å²) in [4.78, 5) is 31.9. The minimum atomic E-state index is -0.925. The lowest BCUT2D eigenvalue weighted by Crippen LogP contribution is -2.34. The van der Waals surface area contributed by atoms with E-state index in [1.165, 1.54) is 6.92 Å². The van der Waals surface area contributed by atoms with Crippen molar-refractivity contribution in [2.75, 3.05) is 6.54 Å². The van der Waals surface area contributed by atoms with Crippen LogP contribution in [0, 0.1) is 0 Å². The molecule has 1 atom stereocenters. The van der Waals surface area contributed by atoms with Crippen LogP contribution in [0.3, 0.4) is 0 Å². The van der Waals surface area contributed by atoms with Crippen LogP contribution >= 0.6 is 22.6 Å². The summed E-state index contributed by atoms with van der Waals surface area (Å²) >= 11 is 1.86. The van der Waals surface area contributed by atoms with Crippen molar-refractivity contribution in [2.24, 2.45) is 0 Å². The first kappa shape index (κ1) is 13.3. The number of carbonyl (C=O) groups is 3. The molecule has 0 aromatic heterocycles. The number of hydrogen-bond acceptors (Lipinski definition) is 3. The summed E-state index contributed by atoms with van der Waals surface area (Å²) in [6.45, 7) is 1.38. The molecule has 5 nitrogen and oxygen atoms in total. The molecule has 0 saturated heterocycles. The van der Waals surface area contributed by atoms with Crippen LogP contribution in [0.4, 0.5) is 0 Å². The van der Waals surface area contributed by atoms with E-state index in [0.717, 1.165) is 0 Å². The Morgan fingerprint density at radius 3 is 2.43 bits per heavy atom. The van der Waals surface area contributed by atoms with Crippen molar-refractivity contribution in [1.82, 2.24) is 5.32 Å². The van der Waals surface area contributed by atoms with Crippen LogP contribution in [0.5, 0.6) is 0 Å². The van der Waals surface area contributed by atoms with Gasteiger partial charge in [-0.15, -0.1) is 0 Å². The molecule has 0 aliphatic heterocycles. The monoisotopic (exact) mass is 313 g/mol. The standard InChI is InChI=1S/C8H12INO4/c1-5(11)4-10-8(14)6(9)2-3-7(12)13/h6H,2-4H2,1H3,(H,10,14)(H,12,13). The van der Waals surface area contributed by atoms with Crippen LogP contribution < -0.4 is 5.32 Å². The number of Topliss-reactive ketones (excluding diaryl/α,β-unsaturated/α-hetero) is 1. The highest BCUT2D eigenvalue weighted by molar-refractivity contribution is 14.1. The molecule has 6 heteroatoms. The van der Waals surface area contributed by atoms with Gasteiger partial charge >= 0.3 is 5.97 Å². The van der Waals surface area contributed by atoms with E-state index in [1.54, 1.807) is 0 Å². The fourth-order valence-corrected chi connectivity index (χ4v) is 1.24. The Morgan fingerprint density at radius 1 is 1.43 bits per heavy atom. The number of alkyl halides is 1. The molecule has 80 valence electrons. The van der Waals surface area contributed by atoms with E-state index in [9.17, 15) is 14.4 Å². The van der Waals surface area contributed by atoms with Gasteiger partial charge in [0.2, 0.25) is 5.91 Å². The summed E-state index contributed by atoms with van der Waals surface area (Å²) in [5, 5.41) is 10.8. The van der Waals surface area contributed by atoms with Gasteiger partial charge in [0, 0.05) is 6.42 Å². The highest BCUT2D eigenvalue weighted by atomic mass is 127. The summed E-state index contributed by atoms with van der Waals surface area (Å²) in [7, 11) is 0. The van der Waals surface area contributed by atoms with Gasteiger partial charge in [0.1, 0.15) is 5.78 Å². The molecule has 0 aliphatic carbocycles. The number of rotatable bonds is 6. The van der Waals surface area contributed by atoms with Gasteiger partial charge in [0.05, 0.1) is 10.5 Å². The number of nitrogens with one attached hydrogen (secondary N) is 1. The predicted molar refractivity (Wildman–Crippen MR) is 58.4 cm³/mol. The summed E-state index contributed by atoms with van der Waals surface area (Å²) < 4.78 is -0.400. The van der Waals surface area contributed by atoms with Gasteiger partial charge in [-0.3, -0.25) is 14.4 Å². The Kier molecular flexibility index (Phi) is 6.43. The molecular weight excluding hydrogens is 301 g/mol. The Balaban J connectivity index is 3.76. The topological polar surface area (TPSA) is 83.5 Å². The number of halogens is 1. The second kappa shape index (κ2) is 6.74. The lowest BCUT2D eigenvalue weighted by molar-refractivity contribution is -0.137. The molecule has 0 radical (unpaired) electrons. The first-order chi connectivity index (χ1) is 6.43. The minimum absolute atomic E-state index is 0.00536. The van der Waals surface area contributed by atoms with E-state index < -0.39 is 9.89 Å². The van der Waals surface area contributed by atoms with Crippen molar-refractivity contribution in [3.05, 3.63) is 0 Å². The number of aliphatic carboxylic acids is 1. The van der Waals surface area contributed by atoms with Crippen molar-refractivity contribution >= 4 is 40.3 Å². The Hall–Kier alpha value is -0.660. The van der Waals surface area contributed by atoms with E-state index >= 15 is 0 Å². The molecule has 14 heavy (non-hydrogen) atoms. The summed E-state index contributed by atoms with van der Waals surface area (Å²) in [5.41, 5.74) is 0. The highest BCUT2D eigenvalue weighted by Gasteiger charge is 2.15. The lowest BCUT2D eigenvalue weighted by atomic mass is 10.2. The molecule has 0 spiro atoms. The van der Waals surface area contributed by atoms with Gasteiger partial charge in [0.15, 0.2) is 0 Å². The molecule has 0 bridgehead atoms. The van der Waals surface area contributed by atoms with Crippen LogP contribution in [0.25, 0.3) is 0 Å². The number of amides is 1. The molecule has 0 aromatic rings. The van der Waals surface area contributed by atoms with Crippen molar-refractivity contribution < 1.29 is 19.5 Å². The molecule has 0 saturated carbocycles. The van der Waals surface area contributed by atoms with E-state index in [0.29, 0.717) is 0 Å². The first-order valence-electron chi connectivity index (χ1n) is 4.06. The largest absolute Gasteiger partial charge is 0.481 e. The Bertz CT molecular complexity index is 241. The lowest BCUT2D eigenvalue weighted by Gasteiger charge is -2.07. The Morgan fingerprint density at radius 2 is 2.00 bits per heavy atom. The van der Waals surface area contributed by atoms with Gasteiger partial charge in [-0.05, 0) is 13.3 Å². The second-order valence-electron chi connectivity index (χ2n) is 2.82. The van der Waals surface area contributed by atoms with E-state index in [4.69, 9.17) is 5.11 Å². The summed E-state index contributed by atoms with van der Waals surface area (Å²) in [6.07, 6.45) is 0.237. The summed E-state index contributed by atoms with van der Waals surface area (Å²) in [5.74, 6) is -1.34. The first-order valence-corrected chi connectivity index (χ1v) is 5.31. The maximum absolute atomic E-state index is 11.2. The molecule has 0 aliphatic rings. The molecule has 1 unspecified atom stereocenters. The predicted octanol–water partition coefficient (Wildman–Crippen LogP) is 0.360. The smallest absolute Gasteiger partial charge is 0.303 e. The minimum Gasteiger partial charge on any atom is -0.481 e. The van der Waals surface area contributed by atoms with Gasteiger partial charge < -0.3 is 10.4 Å². The third kappa shape index (κ3) is 6.81. The number of ketones is 1. The molecular formula is C8H12INO4. The van der Waals surface area contributed by atoms with Gasteiger partial charge in [-0.2, -0.15) is 0 Å². The van der Waals surface area contributed by atoms with Gasteiger partial charge in [-0.1, -0.05) is 22.6 Å². The third-order valence-corrected chi connectivity index (χ3v) is 2.60. The molecule has 0 rings (SSSR count). The Labute approximate surface area is 95.4 Å². The van der Waals surface area contributed by atoms with Crippen molar-refractivity contribution in [3.63, 3.8) is 0 Å². The van der Waals surface area contributed by atoms with Gasteiger partial charge in [-0.25, -0.2) is 0 Å². The third-order valence-electron chi connectivity index (χ3n) is 1.41. The fourth-order valence-electron chi connectivity index (χ4n) is 0.704. The number of carboxylic acids is 1. The molecule has 0 fully saturated rings. The normalized spacial score (nSPS) is 11.9. The van der Waals surface area contributed by atoms with Crippen molar-refractivity contribution in [1.29, 1.82) is 0 Å². The molecule has 2 N–H and O–H groups in total. The quantitative estimate of drug-likeness (QED) is 0.548. The zero-order valence-corrected chi connectivity index (χ0v) is 9.91. The molecule has 0 aromatic carbocycles. The maximum Gasteiger partial charge on any atom is 0.303 e. The van der Waals surface area contributed by atoms with E-state index in [-0.39, 0.29) is 31.1 Å². The van der Waals surface area contributed by atoms with Crippen LogP contribution in [-0.2, 0) is 14.4 Å². The van der Waals surface area contributed by atoms with Crippen LogP contribution in [0.15, 0.2) is 0 Å². The summed E-state index contributed by atoms with van der Waals surface area (Å²) in [6, 6.07) is 0. The average molecular weight is 313 g/mol. The van der Waals surface area contributed by atoms with Crippen LogP contribution in [0.1, 0.15) is 19.8 Å². The van der Waals surface area contributed by atoms with Crippen LogP contribution in [0.2, 0.25) is 0 Å². The van der Waals surface area contributed by atoms with E-state index in [1.807, 2.05) is 22.6 Å². The fraction of sp³-hybridized carbons (Fsp3) is 0.625. The molecule has 0 heterocycles. The molecule has 1 amide bonds. The number of carbonyl (C=O) groups excluding carboxylic acids is 2. The highest BCUT2D eigenvalue weighted by Crippen LogP contribution is 2.08. The number of carboxylic acid groups (broad SMARTS) is 1. The van der Waals surface area contributed by atoms with E-state index in [2.05, 4.69) is 5.32 Å². The zero-order valence-electron chi connectivity index (χ0n) is 7.75.